The largest absolute Gasteiger partial charge is 0.362 e. The van der Waals surface area contributed by atoms with Crippen LogP contribution in [0.15, 0.2) is 18.3 Å². The lowest BCUT2D eigenvalue weighted by atomic mass is 10.1. The molecule has 1 N–H and O–H groups in total. The van der Waals surface area contributed by atoms with Gasteiger partial charge in [0.2, 0.25) is 0 Å². The van der Waals surface area contributed by atoms with E-state index in [1.165, 1.54) is 14.2 Å². The highest BCUT2D eigenvalue weighted by Gasteiger charge is 2.37. The van der Waals surface area contributed by atoms with E-state index in [-0.39, 0.29) is 12.1 Å². The normalized spacial score (nSPS) is 21.8. The second kappa shape index (κ2) is 6.92. The van der Waals surface area contributed by atoms with E-state index in [9.17, 15) is 9.36 Å². The van der Waals surface area contributed by atoms with Gasteiger partial charge in [0.05, 0.1) is 16.6 Å². The van der Waals surface area contributed by atoms with E-state index in [2.05, 4.69) is 5.32 Å². The number of likely N-dealkylation sites (tertiary alicyclic amines) is 1. The molecule has 0 radical (unpaired) electrons. The molecule has 1 fully saturated rings. The number of aryl methyl sites for hydroxylation is 1. The first-order valence-electron chi connectivity index (χ1n) is 8.12. The minimum Gasteiger partial charge on any atom is -0.362 e. The van der Waals surface area contributed by atoms with Crippen molar-refractivity contribution in [3.8, 4) is 0 Å². The van der Waals surface area contributed by atoms with Crippen LogP contribution in [0.2, 0.25) is 0 Å². The molecule has 136 valence electrons. The predicted octanol–water partition coefficient (Wildman–Crippen LogP) is 2.47. The Hall–Kier alpha value is -1.66. The summed E-state index contributed by atoms with van der Waals surface area (Å²) in [4.78, 5) is 14.6. The number of carbonyl (C=O) groups excluding carboxylic acids is 1. The van der Waals surface area contributed by atoms with Gasteiger partial charge in [-0.05, 0) is 37.5 Å². The summed E-state index contributed by atoms with van der Waals surface area (Å²) in [5.74, 6) is -0.234. The van der Waals surface area contributed by atoms with Gasteiger partial charge in [0.15, 0.2) is 0 Å². The van der Waals surface area contributed by atoms with Crippen molar-refractivity contribution in [2.75, 3.05) is 33.2 Å². The number of hydrogen-bond acceptors (Lipinski definition) is 6. The molecule has 1 aromatic rings. The van der Waals surface area contributed by atoms with Crippen molar-refractivity contribution in [2.24, 2.45) is 0 Å². The molecule has 1 aromatic carbocycles. The molecule has 0 saturated carbocycles. The average molecular weight is 366 g/mol. The Morgan fingerprint density at radius 3 is 2.64 bits per heavy atom. The van der Waals surface area contributed by atoms with Crippen LogP contribution in [0.1, 0.15) is 24.0 Å². The summed E-state index contributed by atoms with van der Waals surface area (Å²) in [6.45, 7) is 2.67. The van der Waals surface area contributed by atoms with Gasteiger partial charge in [-0.3, -0.25) is 9.36 Å². The second-order valence-electron chi connectivity index (χ2n) is 6.14. The van der Waals surface area contributed by atoms with E-state index >= 15 is 0 Å². The third-order valence-corrected chi connectivity index (χ3v) is 6.51. The van der Waals surface area contributed by atoms with E-state index in [0.29, 0.717) is 22.1 Å². The van der Waals surface area contributed by atoms with E-state index in [4.69, 9.17) is 13.8 Å². The van der Waals surface area contributed by atoms with Crippen LogP contribution in [0.25, 0.3) is 5.57 Å². The Morgan fingerprint density at radius 2 is 2.00 bits per heavy atom. The van der Waals surface area contributed by atoms with Crippen molar-refractivity contribution < 1.29 is 23.1 Å². The van der Waals surface area contributed by atoms with Gasteiger partial charge >= 0.3 is 7.60 Å². The monoisotopic (exact) mass is 366 g/mol. The fraction of sp³-hybridized carbons (Fsp3) is 0.471. The number of nitrogens with zero attached hydrogens (tertiary/aromatic N) is 1. The molecule has 1 unspecified atom stereocenters. The van der Waals surface area contributed by atoms with Gasteiger partial charge in [-0.25, -0.2) is 0 Å². The van der Waals surface area contributed by atoms with Crippen molar-refractivity contribution in [3.05, 3.63) is 29.5 Å². The van der Waals surface area contributed by atoms with E-state index in [1.807, 2.05) is 17.9 Å². The molecular formula is C17H23N2O5P. The van der Waals surface area contributed by atoms with Crippen LogP contribution in [-0.2, 0) is 23.1 Å². The highest BCUT2D eigenvalue weighted by Crippen LogP contribution is 2.49. The van der Waals surface area contributed by atoms with E-state index in [1.54, 1.807) is 19.4 Å². The third-order valence-electron chi connectivity index (χ3n) is 4.60. The highest BCUT2D eigenvalue weighted by atomic mass is 31.2. The second-order valence-corrected chi connectivity index (χ2v) is 8.34. The number of benzene rings is 1. The summed E-state index contributed by atoms with van der Waals surface area (Å²) in [6.07, 6.45) is 3.63. The maximum absolute atomic E-state index is 13.0. The lowest BCUT2D eigenvalue weighted by Crippen LogP contribution is -2.26. The summed E-state index contributed by atoms with van der Waals surface area (Å²) in [5, 5.41) is 3.24. The van der Waals surface area contributed by atoms with Crippen molar-refractivity contribution in [2.45, 2.75) is 26.0 Å². The van der Waals surface area contributed by atoms with Crippen LogP contribution < -0.4 is 10.6 Å². The molecule has 0 spiro atoms. The number of anilines is 1. The van der Waals surface area contributed by atoms with E-state index in [0.717, 1.165) is 24.9 Å². The quantitative estimate of drug-likeness (QED) is 0.637. The molecule has 1 atom stereocenters. The molecule has 2 aliphatic rings. The number of rotatable bonds is 5. The molecular weight excluding hydrogens is 343 g/mol. The SMILES string of the molecule is COC1CCCN1C=C1C(=O)Nc2cc(C)cc(P(=O)(OC)OC)c21. The van der Waals surface area contributed by atoms with Crippen LogP contribution in [0.4, 0.5) is 5.69 Å². The van der Waals surface area contributed by atoms with Crippen molar-refractivity contribution in [1.82, 2.24) is 4.90 Å². The third kappa shape index (κ3) is 3.13. The molecule has 0 aromatic heterocycles. The summed E-state index contributed by atoms with van der Waals surface area (Å²) in [7, 11) is 0.823. The van der Waals surface area contributed by atoms with Gasteiger partial charge in [0.1, 0.15) is 6.23 Å². The number of nitrogens with one attached hydrogen (secondary N) is 1. The molecule has 1 saturated heterocycles. The molecule has 1 amide bonds. The standard InChI is InChI=1S/C17H23N2O5P/c1-11-8-13-16(14(9-11)25(21,23-3)24-4)12(17(20)18-13)10-19-7-5-6-15(19)22-2/h8-10,15H,5-7H2,1-4H3,(H,18,20). The Kier molecular flexibility index (Phi) is 5.02. The lowest BCUT2D eigenvalue weighted by Gasteiger charge is -2.22. The fourth-order valence-corrected chi connectivity index (χ4v) is 4.81. The lowest BCUT2D eigenvalue weighted by molar-refractivity contribution is -0.110. The minimum atomic E-state index is -3.52. The van der Waals surface area contributed by atoms with Gasteiger partial charge in [-0.2, -0.15) is 0 Å². The fourth-order valence-electron chi connectivity index (χ4n) is 3.39. The van der Waals surface area contributed by atoms with Crippen molar-refractivity contribution >= 4 is 30.1 Å². The van der Waals surface area contributed by atoms with Gasteiger partial charge < -0.3 is 24.0 Å². The van der Waals surface area contributed by atoms with Crippen LogP contribution in [-0.4, -0.2) is 44.9 Å². The number of methoxy groups -OCH3 is 1. The summed E-state index contributed by atoms with van der Waals surface area (Å²) in [6, 6.07) is 3.60. The Labute approximate surface area is 147 Å². The first-order valence-corrected chi connectivity index (χ1v) is 9.66. The molecule has 0 aliphatic carbocycles. The van der Waals surface area contributed by atoms with Crippen molar-refractivity contribution in [3.63, 3.8) is 0 Å². The number of amides is 1. The molecule has 25 heavy (non-hydrogen) atoms. The zero-order valence-corrected chi connectivity index (χ0v) is 15.8. The van der Waals surface area contributed by atoms with Crippen molar-refractivity contribution in [1.29, 1.82) is 0 Å². The van der Waals surface area contributed by atoms with E-state index < -0.39 is 7.60 Å². The first kappa shape index (κ1) is 18.1. The number of ether oxygens (including phenoxy) is 1. The summed E-state index contributed by atoms with van der Waals surface area (Å²) >= 11 is 0. The number of carbonyl (C=O) groups is 1. The van der Waals surface area contributed by atoms with Crippen LogP contribution in [0.5, 0.6) is 0 Å². The predicted molar refractivity (Wildman–Crippen MR) is 95.8 cm³/mol. The minimum absolute atomic E-state index is 0.0603. The Morgan fingerprint density at radius 1 is 1.28 bits per heavy atom. The molecule has 0 bridgehead atoms. The van der Waals surface area contributed by atoms with Crippen LogP contribution in [0.3, 0.4) is 0 Å². The Balaban J connectivity index is 2.15. The maximum Gasteiger partial charge on any atom is 0.361 e. The van der Waals surface area contributed by atoms with Gasteiger partial charge in [0, 0.05) is 39.6 Å². The molecule has 7 nitrogen and oxygen atoms in total. The highest BCUT2D eigenvalue weighted by molar-refractivity contribution is 7.62. The smallest absolute Gasteiger partial charge is 0.361 e. The Bertz CT molecular complexity index is 769. The number of fused-ring (bicyclic) bond motifs is 1. The zero-order chi connectivity index (χ0) is 18.2. The maximum atomic E-state index is 13.0. The molecule has 2 heterocycles. The van der Waals surface area contributed by atoms with Gasteiger partial charge in [-0.15, -0.1) is 0 Å². The summed E-state index contributed by atoms with van der Waals surface area (Å²) in [5.41, 5.74) is 2.50. The van der Waals surface area contributed by atoms with Crippen LogP contribution >= 0.6 is 7.60 Å². The average Bonchev–Trinajstić information content (AvgIpc) is 3.17. The zero-order valence-electron chi connectivity index (χ0n) is 14.9. The summed E-state index contributed by atoms with van der Waals surface area (Å²) < 4.78 is 28.8. The molecule has 8 heteroatoms. The van der Waals surface area contributed by atoms with Gasteiger partial charge in [0.25, 0.3) is 5.91 Å². The van der Waals surface area contributed by atoms with Crippen LogP contribution in [0, 0.1) is 6.92 Å². The van der Waals surface area contributed by atoms with Gasteiger partial charge in [-0.1, -0.05) is 0 Å². The topological polar surface area (TPSA) is 77.1 Å². The molecule has 3 rings (SSSR count). The molecule has 2 aliphatic heterocycles. The number of hydrogen-bond donors (Lipinski definition) is 1. The first-order chi connectivity index (χ1) is 11.9.